The van der Waals surface area contributed by atoms with Crippen molar-refractivity contribution in [3.8, 4) is 0 Å². The third kappa shape index (κ3) is 3.48. The van der Waals surface area contributed by atoms with E-state index in [1.165, 1.54) is 6.07 Å². The van der Waals surface area contributed by atoms with Crippen LogP contribution >= 0.6 is 11.6 Å². The fourth-order valence-electron chi connectivity index (χ4n) is 2.62. The summed E-state index contributed by atoms with van der Waals surface area (Å²) in [7, 11) is -3.60. The van der Waals surface area contributed by atoms with E-state index in [4.69, 9.17) is 17.3 Å². The lowest BCUT2D eigenvalue weighted by atomic mass is 9.99. The molecule has 0 aliphatic heterocycles. The molecule has 1 aliphatic carbocycles. The maximum Gasteiger partial charge on any atom is 0.242 e. The fraction of sp³-hybridized carbons (Fsp3) is 0.538. The van der Waals surface area contributed by atoms with Crippen molar-refractivity contribution in [1.82, 2.24) is 4.72 Å². The van der Waals surface area contributed by atoms with Gasteiger partial charge in [-0.1, -0.05) is 36.6 Å². The van der Waals surface area contributed by atoms with Crippen molar-refractivity contribution in [1.29, 1.82) is 0 Å². The molecule has 0 spiro atoms. The molecule has 106 valence electrons. The third-order valence-electron chi connectivity index (χ3n) is 3.66. The van der Waals surface area contributed by atoms with Crippen molar-refractivity contribution in [2.24, 2.45) is 11.7 Å². The topological polar surface area (TPSA) is 72.2 Å². The van der Waals surface area contributed by atoms with Gasteiger partial charge in [0.1, 0.15) is 4.90 Å². The van der Waals surface area contributed by atoms with Gasteiger partial charge in [-0.05, 0) is 30.9 Å². The van der Waals surface area contributed by atoms with Gasteiger partial charge in [0.15, 0.2) is 0 Å². The zero-order chi connectivity index (χ0) is 13.9. The van der Waals surface area contributed by atoms with Gasteiger partial charge in [0.05, 0.1) is 5.02 Å². The van der Waals surface area contributed by atoms with Crippen molar-refractivity contribution < 1.29 is 8.42 Å². The molecule has 1 aliphatic rings. The van der Waals surface area contributed by atoms with E-state index in [1.807, 2.05) is 0 Å². The molecular formula is C13H19ClN2O2S. The summed E-state index contributed by atoms with van der Waals surface area (Å²) in [6.45, 7) is 0.314. The van der Waals surface area contributed by atoms with Gasteiger partial charge in [0.2, 0.25) is 10.0 Å². The Labute approximate surface area is 119 Å². The first-order chi connectivity index (χ1) is 9.04. The maximum atomic E-state index is 12.3. The van der Waals surface area contributed by atoms with Crippen LogP contribution in [0.5, 0.6) is 0 Å². The Hall–Kier alpha value is -0.620. The van der Waals surface area contributed by atoms with Crippen LogP contribution in [0.2, 0.25) is 5.02 Å². The largest absolute Gasteiger partial charge is 0.329 e. The van der Waals surface area contributed by atoms with Crippen LogP contribution in [0.1, 0.15) is 25.7 Å². The van der Waals surface area contributed by atoms with E-state index in [-0.39, 0.29) is 16.0 Å². The smallest absolute Gasteiger partial charge is 0.242 e. The highest BCUT2D eigenvalue weighted by Gasteiger charge is 2.29. The van der Waals surface area contributed by atoms with Crippen LogP contribution in [0, 0.1) is 5.92 Å². The van der Waals surface area contributed by atoms with Gasteiger partial charge in [-0.3, -0.25) is 0 Å². The lowest BCUT2D eigenvalue weighted by Crippen LogP contribution is -2.44. The second kappa shape index (κ2) is 6.22. The third-order valence-corrected chi connectivity index (χ3v) is 5.65. The molecule has 6 heteroatoms. The summed E-state index contributed by atoms with van der Waals surface area (Å²) in [6.07, 6.45) is 4.36. The Balaban J connectivity index is 2.18. The second-order valence-electron chi connectivity index (χ2n) is 4.94. The van der Waals surface area contributed by atoms with Crippen LogP contribution in [0.25, 0.3) is 0 Å². The van der Waals surface area contributed by atoms with Gasteiger partial charge >= 0.3 is 0 Å². The van der Waals surface area contributed by atoms with E-state index in [0.717, 1.165) is 25.7 Å². The molecule has 1 aromatic rings. The van der Waals surface area contributed by atoms with Crippen LogP contribution in [-0.2, 0) is 10.0 Å². The molecule has 3 N–H and O–H groups in total. The summed E-state index contributed by atoms with van der Waals surface area (Å²) in [5.41, 5.74) is 5.72. The molecule has 1 atom stereocenters. The normalized spacial score (nSPS) is 18.6. The molecule has 0 amide bonds. The summed E-state index contributed by atoms with van der Waals surface area (Å²) in [5.74, 6) is 0.335. The lowest BCUT2D eigenvalue weighted by molar-refractivity contribution is 0.405. The van der Waals surface area contributed by atoms with E-state index in [2.05, 4.69) is 4.72 Å². The number of hydrogen-bond acceptors (Lipinski definition) is 3. The quantitative estimate of drug-likeness (QED) is 0.875. The number of hydrogen-bond donors (Lipinski definition) is 2. The molecule has 1 unspecified atom stereocenters. The molecule has 0 radical (unpaired) electrons. The fourth-order valence-corrected chi connectivity index (χ4v) is 4.46. The minimum absolute atomic E-state index is 0.119. The van der Waals surface area contributed by atoms with Crippen molar-refractivity contribution in [2.75, 3.05) is 6.54 Å². The van der Waals surface area contributed by atoms with E-state index in [1.54, 1.807) is 18.2 Å². The van der Waals surface area contributed by atoms with Gasteiger partial charge in [-0.25, -0.2) is 13.1 Å². The monoisotopic (exact) mass is 302 g/mol. The first-order valence-electron chi connectivity index (χ1n) is 6.51. The Kier molecular flexibility index (Phi) is 4.84. The second-order valence-corrected chi connectivity index (χ2v) is 7.03. The number of sulfonamides is 1. The average Bonchev–Trinajstić information content (AvgIpc) is 2.90. The van der Waals surface area contributed by atoms with Crippen LogP contribution in [0.4, 0.5) is 0 Å². The van der Waals surface area contributed by atoms with Crippen LogP contribution in [0.3, 0.4) is 0 Å². The first-order valence-corrected chi connectivity index (χ1v) is 8.37. The molecule has 1 aromatic carbocycles. The van der Waals surface area contributed by atoms with E-state index < -0.39 is 10.0 Å². The summed E-state index contributed by atoms with van der Waals surface area (Å²) in [4.78, 5) is 0.119. The van der Waals surface area contributed by atoms with Crippen LogP contribution < -0.4 is 10.5 Å². The van der Waals surface area contributed by atoms with E-state index >= 15 is 0 Å². The number of nitrogens with one attached hydrogen (secondary N) is 1. The molecule has 0 aromatic heterocycles. The van der Waals surface area contributed by atoms with E-state index in [0.29, 0.717) is 12.5 Å². The first kappa shape index (κ1) is 14.8. The number of rotatable bonds is 5. The molecule has 2 rings (SSSR count). The summed E-state index contributed by atoms with van der Waals surface area (Å²) < 4.78 is 27.4. The lowest BCUT2D eigenvalue weighted by Gasteiger charge is -2.23. The predicted octanol–water partition coefficient (Wildman–Crippen LogP) is 2.14. The zero-order valence-electron chi connectivity index (χ0n) is 10.7. The summed E-state index contributed by atoms with van der Waals surface area (Å²) in [6, 6.07) is 6.24. The Morgan fingerprint density at radius 1 is 1.32 bits per heavy atom. The molecular weight excluding hydrogens is 284 g/mol. The Morgan fingerprint density at radius 2 is 1.95 bits per heavy atom. The molecule has 19 heavy (non-hydrogen) atoms. The van der Waals surface area contributed by atoms with Crippen molar-refractivity contribution in [2.45, 2.75) is 36.6 Å². The predicted molar refractivity (Wildman–Crippen MR) is 76.6 cm³/mol. The van der Waals surface area contributed by atoms with Gasteiger partial charge < -0.3 is 5.73 Å². The standard InChI is InChI=1S/C13H19ClN2O2S/c14-11-7-3-4-8-13(11)19(17,18)16-12(9-15)10-5-1-2-6-10/h3-4,7-8,10,12,16H,1-2,5-6,9,15H2. The zero-order valence-corrected chi connectivity index (χ0v) is 12.3. The van der Waals surface area contributed by atoms with Crippen molar-refractivity contribution in [3.63, 3.8) is 0 Å². The van der Waals surface area contributed by atoms with Crippen LogP contribution in [-0.4, -0.2) is 21.0 Å². The summed E-state index contributed by atoms with van der Waals surface area (Å²) in [5, 5.41) is 0.234. The number of nitrogens with two attached hydrogens (primary N) is 1. The highest BCUT2D eigenvalue weighted by atomic mass is 35.5. The molecule has 4 nitrogen and oxygen atoms in total. The average molecular weight is 303 g/mol. The van der Waals surface area contributed by atoms with Gasteiger partial charge in [-0.2, -0.15) is 0 Å². The van der Waals surface area contributed by atoms with Gasteiger partial charge in [-0.15, -0.1) is 0 Å². The SMILES string of the molecule is NCC(NS(=O)(=O)c1ccccc1Cl)C1CCCC1. The molecule has 0 heterocycles. The number of halogens is 1. The number of benzene rings is 1. The maximum absolute atomic E-state index is 12.3. The van der Waals surface area contributed by atoms with Crippen molar-refractivity contribution in [3.05, 3.63) is 29.3 Å². The van der Waals surface area contributed by atoms with Crippen molar-refractivity contribution >= 4 is 21.6 Å². The minimum atomic E-state index is -3.60. The highest BCUT2D eigenvalue weighted by Crippen LogP contribution is 2.29. The Bertz CT molecular complexity index is 527. The Morgan fingerprint density at radius 3 is 2.53 bits per heavy atom. The highest BCUT2D eigenvalue weighted by molar-refractivity contribution is 7.89. The molecule has 1 saturated carbocycles. The van der Waals surface area contributed by atoms with Gasteiger partial charge in [0, 0.05) is 12.6 Å². The molecule has 1 fully saturated rings. The van der Waals surface area contributed by atoms with E-state index in [9.17, 15) is 8.42 Å². The summed E-state index contributed by atoms with van der Waals surface area (Å²) >= 11 is 5.94. The van der Waals surface area contributed by atoms with Crippen LogP contribution in [0.15, 0.2) is 29.2 Å². The molecule has 0 bridgehead atoms. The van der Waals surface area contributed by atoms with Gasteiger partial charge in [0.25, 0.3) is 0 Å². The molecule has 0 saturated heterocycles. The minimum Gasteiger partial charge on any atom is -0.329 e.